The lowest BCUT2D eigenvalue weighted by atomic mass is 9.92. The van der Waals surface area contributed by atoms with Gasteiger partial charge in [0.1, 0.15) is 0 Å². The lowest BCUT2D eigenvalue weighted by Crippen LogP contribution is -2.38. The standard InChI is InChI=1S/C12H19N3O/c1-9-7-13-12(14-8-9)15-10-5-3-4-6-11(10)16-2/h7-8,10-11H,3-6H2,1-2H3,(H,13,14,15). The van der Waals surface area contributed by atoms with Crippen molar-refractivity contribution in [3.8, 4) is 0 Å². The zero-order chi connectivity index (χ0) is 11.4. The summed E-state index contributed by atoms with van der Waals surface area (Å²) in [6.07, 6.45) is 8.73. The van der Waals surface area contributed by atoms with Crippen LogP contribution in [0.5, 0.6) is 0 Å². The minimum atomic E-state index is 0.290. The summed E-state index contributed by atoms with van der Waals surface area (Å²) in [4.78, 5) is 8.53. The van der Waals surface area contributed by atoms with Crippen molar-refractivity contribution >= 4 is 5.95 Å². The Kier molecular flexibility index (Phi) is 3.72. The van der Waals surface area contributed by atoms with Crippen LogP contribution in [0.15, 0.2) is 12.4 Å². The van der Waals surface area contributed by atoms with Gasteiger partial charge in [0.05, 0.1) is 12.1 Å². The fourth-order valence-corrected chi connectivity index (χ4v) is 2.18. The second-order valence-corrected chi connectivity index (χ2v) is 4.39. The summed E-state index contributed by atoms with van der Waals surface area (Å²) in [7, 11) is 1.78. The second-order valence-electron chi connectivity index (χ2n) is 4.39. The van der Waals surface area contributed by atoms with E-state index in [0.29, 0.717) is 18.1 Å². The minimum Gasteiger partial charge on any atom is -0.379 e. The molecule has 1 fully saturated rings. The fourth-order valence-electron chi connectivity index (χ4n) is 2.18. The van der Waals surface area contributed by atoms with Crippen molar-refractivity contribution in [2.75, 3.05) is 12.4 Å². The predicted octanol–water partition coefficient (Wildman–Crippen LogP) is 2.15. The van der Waals surface area contributed by atoms with Crippen molar-refractivity contribution < 1.29 is 4.74 Å². The van der Waals surface area contributed by atoms with E-state index in [9.17, 15) is 0 Å². The average molecular weight is 221 g/mol. The van der Waals surface area contributed by atoms with Gasteiger partial charge in [-0.25, -0.2) is 9.97 Å². The molecule has 1 aliphatic rings. The van der Waals surface area contributed by atoms with Crippen LogP contribution in [0.2, 0.25) is 0 Å². The number of methoxy groups -OCH3 is 1. The molecule has 1 N–H and O–H groups in total. The summed E-state index contributed by atoms with van der Waals surface area (Å²) in [5.41, 5.74) is 1.08. The van der Waals surface area contributed by atoms with Crippen LogP contribution in [-0.2, 0) is 4.74 Å². The summed E-state index contributed by atoms with van der Waals surface area (Å²) >= 11 is 0. The molecule has 88 valence electrons. The molecule has 1 aliphatic carbocycles. The first-order valence-electron chi connectivity index (χ1n) is 5.87. The number of aromatic nitrogens is 2. The lowest BCUT2D eigenvalue weighted by molar-refractivity contribution is 0.0604. The van der Waals surface area contributed by atoms with E-state index < -0.39 is 0 Å². The maximum absolute atomic E-state index is 5.48. The molecular weight excluding hydrogens is 202 g/mol. The highest BCUT2D eigenvalue weighted by molar-refractivity contribution is 5.26. The molecule has 0 spiro atoms. The molecule has 4 heteroatoms. The number of aryl methyl sites for hydroxylation is 1. The van der Waals surface area contributed by atoms with Gasteiger partial charge in [-0.1, -0.05) is 12.8 Å². The van der Waals surface area contributed by atoms with Crippen LogP contribution < -0.4 is 5.32 Å². The second kappa shape index (κ2) is 5.25. The van der Waals surface area contributed by atoms with E-state index in [1.165, 1.54) is 12.8 Å². The molecule has 4 nitrogen and oxygen atoms in total. The number of rotatable bonds is 3. The van der Waals surface area contributed by atoms with Crippen molar-refractivity contribution in [2.24, 2.45) is 0 Å². The Morgan fingerprint density at radius 1 is 1.25 bits per heavy atom. The summed E-state index contributed by atoms with van der Waals surface area (Å²) < 4.78 is 5.48. The summed E-state index contributed by atoms with van der Waals surface area (Å²) in [5.74, 6) is 0.708. The third kappa shape index (κ3) is 2.70. The quantitative estimate of drug-likeness (QED) is 0.849. The maximum Gasteiger partial charge on any atom is 0.222 e. The van der Waals surface area contributed by atoms with Crippen LogP contribution >= 0.6 is 0 Å². The number of anilines is 1. The molecule has 0 aliphatic heterocycles. The van der Waals surface area contributed by atoms with Crippen LogP contribution in [0.25, 0.3) is 0 Å². The van der Waals surface area contributed by atoms with Crippen LogP contribution in [0.1, 0.15) is 31.2 Å². The van der Waals surface area contributed by atoms with Crippen molar-refractivity contribution in [3.05, 3.63) is 18.0 Å². The van der Waals surface area contributed by atoms with Gasteiger partial charge in [0, 0.05) is 19.5 Å². The molecule has 0 bridgehead atoms. The van der Waals surface area contributed by atoms with Crippen LogP contribution in [0.3, 0.4) is 0 Å². The van der Waals surface area contributed by atoms with Gasteiger partial charge in [-0.2, -0.15) is 0 Å². The van der Waals surface area contributed by atoms with Gasteiger partial charge in [-0.3, -0.25) is 0 Å². The van der Waals surface area contributed by atoms with Gasteiger partial charge < -0.3 is 10.1 Å². The van der Waals surface area contributed by atoms with E-state index >= 15 is 0 Å². The zero-order valence-corrected chi connectivity index (χ0v) is 9.94. The molecule has 1 saturated carbocycles. The van der Waals surface area contributed by atoms with Crippen molar-refractivity contribution in [2.45, 2.75) is 44.8 Å². The molecule has 0 aromatic carbocycles. The Morgan fingerprint density at radius 3 is 2.62 bits per heavy atom. The highest BCUT2D eigenvalue weighted by Gasteiger charge is 2.25. The molecular formula is C12H19N3O. The molecule has 16 heavy (non-hydrogen) atoms. The monoisotopic (exact) mass is 221 g/mol. The van der Waals surface area contributed by atoms with E-state index in [-0.39, 0.29) is 0 Å². The molecule has 0 amide bonds. The number of nitrogens with zero attached hydrogens (tertiary/aromatic N) is 2. The Balaban J connectivity index is 1.99. The first-order chi connectivity index (χ1) is 7.79. The summed E-state index contributed by atoms with van der Waals surface area (Å²) in [6, 6.07) is 0.349. The largest absolute Gasteiger partial charge is 0.379 e. The highest BCUT2D eigenvalue weighted by Crippen LogP contribution is 2.22. The molecule has 1 aromatic rings. The zero-order valence-electron chi connectivity index (χ0n) is 9.94. The normalized spacial score (nSPS) is 25.4. The first kappa shape index (κ1) is 11.3. The fraction of sp³-hybridized carbons (Fsp3) is 0.667. The summed E-state index contributed by atoms with van der Waals surface area (Å²) in [5, 5.41) is 3.36. The van der Waals surface area contributed by atoms with Gasteiger partial charge >= 0.3 is 0 Å². The van der Waals surface area contributed by atoms with Crippen LogP contribution in [0, 0.1) is 6.92 Å². The van der Waals surface area contributed by atoms with Gasteiger partial charge in [0.15, 0.2) is 0 Å². The Hall–Kier alpha value is -1.16. The van der Waals surface area contributed by atoms with Crippen molar-refractivity contribution in [3.63, 3.8) is 0 Å². The SMILES string of the molecule is COC1CCCCC1Nc1ncc(C)cn1. The average Bonchev–Trinajstić information content (AvgIpc) is 2.33. The predicted molar refractivity (Wildman–Crippen MR) is 63.4 cm³/mol. The topological polar surface area (TPSA) is 47.0 Å². The highest BCUT2D eigenvalue weighted by atomic mass is 16.5. The lowest BCUT2D eigenvalue weighted by Gasteiger charge is -2.30. The third-order valence-electron chi connectivity index (χ3n) is 3.10. The first-order valence-corrected chi connectivity index (χ1v) is 5.87. The Labute approximate surface area is 96.4 Å². The number of hydrogen-bond donors (Lipinski definition) is 1. The van der Waals surface area contributed by atoms with Crippen LogP contribution in [-0.4, -0.2) is 29.2 Å². The van der Waals surface area contributed by atoms with E-state index in [0.717, 1.165) is 18.4 Å². The van der Waals surface area contributed by atoms with Gasteiger partial charge in [-0.15, -0.1) is 0 Å². The Bertz CT molecular complexity index is 326. The van der Waals surface area contributed by atoms with Gasteiger partial charge in [0.25, 0.3) is 0 Å². The number of nitrogens with one attached hydrogen (secondary N) is 1. The van der Waals surface area contributed by atoms with E-state index in [1.807, 2.05) is 19.3 Å². The third-order valence-corrected chi connectivity index (χ3v) is 3.10. The molecule has 1 heterocycles. The molecule has 1 aromatic heterocycles. The van der Waals surface area contributed by atoms with Crippen LogP contribution in [0.4, 0.5) is 5.95 Å². The summed E-state index contributed by atoms with van der Waals surface area (Å²) in [6.45, 7) is 1.99. The van der Waals surface area contributed by atoms with E-state index in [1.54, 1.807) is 7.11 Å². The number of ether oxygens (including phenoxy) is 1. The maximum atomic E-state index is 5.48. The van der Waals surface area contributed by atoms with Gasteiger partial charge in [-0.05, 0) is 25.3 Å². The van der Waals surface area contributed by atoms with Crippen molar-refractivity contribution in [1.82, 2.24) is 9.97 Å². The van der Waals surface area contributed by atoms with E-state index in [2.05, 4.69) is 15.3 Å². The smallest absolute Gasteiger partial charge is 0.222 e. The molecule has 2 rings (SSSR count). The molecule has 2 unspecified atom stereocenters. The molecule has 0 saturated heterocycles. The Morgan fingerprint density at radius 2 is 1.94 bits per heavy atom. The molecule has 0 radical (unpaired) electrons. The van der Waals surface area contributed by atoms with E-state index in [4.69, 9.17) is 4.74 Å². The van der Waals surface area contributed by atoms with Gasteiger partial charge in [0.2, 0.25) is 5.95 Å². The van der Waals surface area contributed by atoms with Crippen molar-refractivity contribution in [1.29, 1.82) is 0 Å². The minimum absolute atomic E-state index is 0.290. The number of hydrogen-bond acceptors (Lipinski definition) is 4. The molecule has 2 atom stereocenters.